The molecule has 0 aliphatic carbocycles. The normalized spacial score (nSPS) is 12.6. The Morgan fingerprint density at radius 2 is 2.40 bits per heavy atom. The summed E-state index contributed by atoms with van der Waals surface area (Å²) in [5.74, 6) is 0. The summed E-state index contributed by atoms with van der Waals surface area (Å²) in [7, 11) is 0. The first-order valence-electron chi connectivity index (χ1n) is 4.31. The van der Waals surface area contributed by atoms with Crippen LogP contribution < -0.4 is 0 Å². The second-order valence-corrected chi connectivity index (χ2v) is 4.71. The Morgan fingerprint density at radius 3 is 3.13 bits per heavy atom. The summed E-state index contributed by atoms with van der Waals surface area (Å²) >= 11 is 7.11. The molecule has 0 aliphatic rings. The number of hydrogen-bond donors (Lipinski definition) is 0. The maximum absolute atomic E-state index is 8.65. The molecule has 0 radical (unpaired) electrons. The number of hydrogen-bond acceptors (Lipinski definition) is 4. The standard InChI is InChI=1S/C10H7ClN2OS/c1-6(5-12)15-10-13-8-3-2-7(11)4-9(8)14-10/h2-4,6H,1H3/t6-/m1/s1. The third-order valence-electron chi connectivity index (χ3n) is 1.79. The van der Waals surface area contributed by atoms with E-state index >= 15 is 0 Å². The summed E-state index contributed by atoms with van der Waals surface area (Å²) in [6.07, 6.45) is 0. The molecule has 1 atom stereocenters. The van der Waals surface area contributed by atoms with Crippen molar-refractivity contribution in [1.82, 2.24) is 4.98 Å². The molecule has 0 amide bonds. The van der Waals surface area contributed by atoms with Gasteiger partial charge in [-0.15, -0.1) is 0 Å². The molecule has 5 heteroatoms. The molecule has 76 valence electrons. The van der Waals surface area contributed by atoms with Crippen LogP contribution in [0.3, 0.4) is 0 Å². The van der Waals surface area contributed by atoms with Gasteiger partial charge in [0.25, 0.3) is 5.22 Å². The number of oxazole rings is 1. The van der Waals surface area contributed by atoms with Crippen molar-refractivity contribution < 1.29 is 4.42 Å². The molecule has 2 aromatic rings. The minimum atomic E-state index is -0.173. The number of halogens is 1. The van der Waals surface area contributed by atoms with Gasteiger partial charge in [-0.25, -0.2) is 4.98 Å². The van der Waals surface area contributed by atoms with Crippen molar-refractivity contribution in [2.45, 2.75) is 17.4 Å². The summed E-state index contributed by atoms with van der Waals surface area (Å²) in [5.41, 5.74) is 1.40. The van der Waals surface area contributed by atoms with Crippen molar-refractivity contribution in [3.63, 3.8) is 0 Å². The number of thioether (sulfide) groups is 1. The van der Waals surface area contributed by atoms with E-state index < -0.39 is 0 Å². The number of nitrogens with zero attached hydrogens (tertiary/aromatic N) is 2. The number of benzene rings is 1. The minimum Gasteiger partial charge on any atom is -0.431 e. The van der Waals surface area contributed by atoms with E-state index in [1.165, 1.54) is 11.8 Å². The molecular weight excluding hydrogens is 232 g/mol. The van der Waals surface area contributed by atoms with Gasteiger partial charge < -0.3 is 4.42 Å². The maximum Gasteiger partial charge on any atom is 0.258 e. The van der Waals surface area contributed by atoms with Gasteiger partial charge in [-0.05, 0) is 30.8 Å². The highest BCUT2D eigenvalue weighted by Gasteiger charge is 2.10. The van der Waals surface area contributed by atoms with Gasteiger partial charge in [0, 0.05) is 11.1 Å². The Labute approximate surface area is 96.0 Å². The highest BCUT2D eigenvalue weighted by Crippen LogP contribution is 2.27. The monoisotopic (exact) mass is 238 g/mol. The Balaban J connectivity index is 2.35. The molecule has 0 unspecified atom stereocenters. The zero-order valence-corrected chi connectivity index (χ0v) is 9.47. The molecule has 0 bridgehead atoms. The van der Waals surface area contributed by atoms with E-state index in [9.17, 15) is 0 Å². The maximum atomic E-state index is 8.65. The summed E-state index contributed by atoms with van der Waals surface area (Å²) in [6.45, 7) is 1.80. The zero-order valence-electron chi connectivity index (χ0n) is 7.90. The molecule has 0 saturated carbocycles. The fraction of sp³-hybridized carbons (Fsp3) is 0.200. The van der Waals surface area contributed by atoms with Crippen molar-refractivity contribution in [1.29, 1.82) is 5.26 Å². The summed E-state index contributed by atoms with van der Waals surface area (Å²) < 4.78 is 5.44. The lowest BCUT2D eigenvalue weighted by Crippen LogP contribution is -1.88. The van der Waals surface area contributed by atoms with Gasteiger partial charge in [0.1, 0.15) is 5.52 Å². The van der Waals surface area contributed by atoms with Gasteiger partial charge >= 0.3 is 0 Å². The van der Waals surface area contributed by atoms with E-state index in [-0.39, 0.29) is 5.25 Å². The SMILES string of the molecule is C[C@H](C#N)Sc1nc2ccc(Cl)cc2o1. The molecule has 3 nitrogen and oxygen atoms in total. The van der Waals surface area contributed by atoms with Gasteiger partial charge in [-0.1, -0.05) is 11.6 Å². The molecule has 0 aliphatic heterocycles. The van der Waals surface area contributed by atoms with Crippen LogP contribution in [0, 0.1) is 11.3 Å². The third-order valence-corrected chi connectivity index (χ3v) is 2.86. The van der Waals surface area contributed by atoms with Crippen LogP contribution in [0.15, 0.2) is 27.8 Å². The largest absolute Gasteiger partial charge is 0.431 e. The van der Waals surface area contributed by atoms with E-state index in [2.05, 4.69) is 11.1 Å². The summed E-state index contributed by atoms with van der Waals surface area (Å²) in [6, 6.07) is 7.37. The van der Waals surface area contributed by atoms with Crippen molar-refractivity contribution in [3.05, 3.63) is 23.2 Å². The number of nitriles is 1. The smallest absolute Gasteiger partial charge is 0.258 e. The number of rotatable bonds is 2. The number of aromatic nitrogens is 1. The fourth-order valence-electron chi connectivity index (χ4n) is 1.11. The quantitative estimate of drug-likeness (QED) is 0.752. The molecule has 0 spiro atoms. The zero-order chi connectivity index (χ0) is 10.8. The van der Waals surface area contributed by atoms with Crippen LogP contribution in [0.1, 0.15) is 6.92 Å². The molecular formula is C10H7ClN2OS. The molecule has 15 heavy (non-hydrogen) atoms. The Bertz CT molecular complexity index is 532. The predicted octanol–water partition coefficient (Wildman–Crippen LogP) is 3.49. The molecule has 1 heterocycles. The van der Waals surface area contributed by atoms with E-state index in [1.807, 2.05) is 0 Å². The molecule has 1 aromatic carbocycles. The lowest BCUT2D eigenvalue weighted by Gasteiger charge is -1.93. The Hall–Kier alpha value is -1.18. The second-order valence-electron chi connectivity index (χ2n) is 2.98. The van der Waals surface area contributed by atoms with Crippen LogP contribution >= 0.6 is 23.4 Å². The van der Waals surface area contributed by atoms with Gasteiger partial charge in [0.15, 0.2) is 5.58 Å². The Kier molecular flexibility index (Phi) is 2.85. The van der Waals surface area contributed by atoms with Crippen molar-refractivity contribution >= 4 is 34.5 Å². The topological polar surface area (TPSA) is 49.8 Å². The minimum absolute atomic E-state index is 0.173. The molecule has 2 rings (SSSR count). The lowest BCUT2D eigenvalue weighted by molar-refractivity contribution is 0.489. The van der Waals surface area contributed by atoms with Crippen molar-refractivity contribution in [2.24, 2.45) is 0 Å². The first-order chi connectivity index (χ1) is 7.19. The number of fused-ring (bicyclic) bond motifs is 1. The van der Waals surface area contributed by atoms with Crippen LogP contribution in [0.5, 0.6) is 0 Å². The van der Waals surface area contributed by atoms with E-state index in [1.54, 1.807) is 25.1 Å². The summed E-state index contributed by atoms with van der Waals surface area (Å²) in [4.78, 5) is 4.23. The predicted molar refractivity (Wildman–Crippen MR) is 60.0 cm³/mol. The summed E-state index contributed by atoms with van der Waals surface area (Å²) in [5, 5.41) is 9.60. The van der Waals surface area contributed by atoms with E-state index in [0.717, 1.165) is 5.52 Å². The lowest BCUT2D eigenvalue weighted by atomic mass is 10.3. The molecule has 0 saturated heterocycles. The average Bonchev–Trinajstić information content (AvgIpc) is 2.59. The van der Waals surface area contributed by atoms with Crippen molar-refractivity contribution in [2.75, 3.05) is 0 Å². The molecule has 0 N–H and O–H groups in total. The van der Waals surface area contributed by atoms with Crippen LogP contribution in [0.25, 0.3) is 11.1 Å². The van der Waals surface area contributed by atoms with Crippen LogP contribution in [0.4, 0.5) is 0 Å². The van der Waals surface area contributed by atoms with Gasteiger partial charge in [0.05, 0.1) is 11.3 Å². The van der Waals surface area contributed by atoms with Crippen LogP contribution in [-0.4, -0.2) is 10.2 Å². The fourth-order valence-corrected chi connectivity index (χ4v) is 1.91. The van der Waals surface area contributed by atoms with E-state index in [4.69, 9.17) is 21.3 Å². The highest BCUT2D eigenvalue weighted by molar-refractivity contribution is 7.99. The van der Waals surface area contributed by atoms with E-state index in [0.29, 0.717) is 15.8 Å². The van der Waals surface area contributed by atoms with Crippen LogP contribution in [-0.2, 0) is 0 Å². The van der Waals surface area contributed by atoms with Crippen LogP contribution in [0.2, 0.25) is 5.02 Å². The third kappa shape index (κ3) is 2.25. The highest BCUT2D eigenvalue weighted by atomic mass is 35.5. The first-order valence-corrected chi connectivity index (χ1v) is 5.57. The molecule has 0 fully saturated rings. The van der Waals surface area contributed by atoms with Gasteiger partial charge in [0.2, 0.25) is 0 Å². The first kappa shape index (κ1) is 10.3. The molecule has 1 aromatic heterocycles. The van der Waals surface area contributed by atoms with Crippen molar-refractivity contribution in [3.8, 4) is 6.07 Å². The average molecular weight is 239 g/mol. The van der Waals surface area contributed by atoms with Gasteiger partial charge in [-0.2, -0.15) is 5.26 Å². The van der Waals surface area contributed by atoms with Gasteiger partial charge in [-0.3, -0.25) is 0 Å². The second kappa shape index (κ2) is 4.13. The Morgan fingerprint density at radius 1 is 1.60 bits per heavy atom.